The lowest BCUT2D eigenvalue weighted by Gasteiger charge is -2.29. The number of carbonyl (C=O) groups excluding carboxylic acids is 1. The molecule has 2 aromatic rings. The summed E-state index contributed by atoms with van der Waals surface area (Å²) in [7, 11) is 0. The summed E-state index contributed by atoms with van der Waals surface area (Å²) >= 11 is 0. The average molecular weight is 355 g/mol. The van der Waals surface area contributed by atoms with Gasteiger partial charge in [0.05, 0.1) is 0 Å². The van der Waals surface area contributed by atoms with Crippen LogP contribution in [0.1, 0.15) is 43.2 Å². The number of aromatic hydroxyl groups is 1. The van der Waals surface area contributed by atoms with Gasteiger partial charge in [0, 0.05) is 19.0 Å². The van der Waals surface area contributed by atoms with Gasteiger partial charge >= 0.3 is 0 Å². The minimum atomic E-state index is -0.236. The van der Waals surface area contributed by atoms with Crippen molar-refractivity contribution in [2.45, 2.75) is 51.0 Å². The molecule has 1 aliphatic carbocycles. The molecule has 138 valence electrons. The van der Waals surface area contributed by atoms with Crippen molar-refractivity contribution in [1.82, 2.24) is 4.90 Å². The van der Waals surface area contributed by atoms with E-state index in [0.29, 0.717) is 25.4 Å². The van der Waals surface area contributed by atoms with Crippen LogP contribution in [0.25, 0.3) is 0 Å². The van der Waals surface area contributed by atoms with Crippen molar-refractivity contribution in [3.63, 3.8) is 0 Å². The quantitative estimate of drug-likeness (QED) is 0.796. The van der Waals surface area contributed by atoms with Gasteiger partial charge in [-0.3, -0.25) is 4.79 Å². The molecule has 0 bridgehead atoms. The van der Waals surface area contributed by atoms with Crippen molar-refractivity contribution in [2.24, 2.45) is 0 Å². The Balaban J connectivity index is 1.62. The van der Waals surface area contributed by atoms with Crippen LogP contribution in [0.2, 0.25) is 0 Å². The zero-order chi connectivity index (χ0) is 18.4. The Morgan fingerprint density at radius 2 is 1.73 bits per heavy atom. The lowest BCUT2D eigenvalue weighted by atomic mass is 10.1. The fraction of sp³-hybridized carbons (Fsp3) is 0.409. The van der Waals surface area contributed by atoms with Gasteiger partial charge in [-0.15, -0.1) is 0 Å². The van der Waals surface area contributed by atoms with E-state index >= 15 is 0 Å². The van der Waals surface area contributed by atoms with Crippen LogP contribution in [0.3, 0.4) is 0 Å². The molecule has 0 spiro atoms. The molecule has 3 nitrogen and oxygen atoms in total. The third kappa shape index (κ3) is 4.84. The van der Waals surface area contributed by atoms with Crippen molar-refractivity contribution in [3.8, 4) is 5.75 Å². The molecule has 0 heterocycles. The molecule has 0 saturated heterocycles. The second kappa shape index (κ2) is 8.84. The molecule has 3 rings (SSSR count). The first-order valence-corrected chi connectivity index (χ1v) is 9.44. The van der Waals surface area contributed by atoms with E-state index in [1.54, 1.807) is 24.3 Å². The van der Waals surface area contributed by atoms with Gasteiger partial charge in [0.1, 0.15) is 11.6 Å². The van der Waals surface area contributed by atoms with Crippen molar-refractivity contribution < 1.29 is 14.3 Å². The van der Waals surface area contributed by atoms with E-state index < -0.39 is 0 Å². The zero-order valence-corrected chi connectivity index (χ0v) is 15.0. The molecular weight excluding hydrogens is 329 g/mol. The van der Waals surface area contributed by atoms with Crippen LogP contribution >= 0.6 is 0 Å². The number of hydrogen-bond acceptors (Lipinski definition) is 2. The summed E-state index contributed by atoms with van der Waals surface area (Å²) in [5.74, 6) is 0.154. The lowest BCUT2D eigenvalue weighted by Crippen LogP contribution is -2.40. The Kier molecular flexibility index (Phi) is 6.26. The minimum Gasteiger partial charge on any atom is -0.508 e. The first kappa shape index (κ1) is 18.4. The number of aryl methyl sites for hydroxylation is 1. The predicted octanol–water partition coefficient (Wildman–Crippen LogP) is 4.48. The minimum absolute atomic E-state index is 0.141. The number of phenolic OH excluding ortho intramolecular Hbond substituents is 1. The van der Waals surface area contributed by atoms with Crippen LogP contribution in [0, 0.1) is 5.82 Å². The molecule has 2 aromatic carbocycles. The molecule has 1 fully saturated rings. The van der Waals surface area contributed by atoms with Gasteiger partial charge in [0.25, 0.3) is 0 Å². The van der Waals surface area contributed by atoms with Crippen molar-refractivity contribution in [1.29, 1.82) is 0 Å². The first-order valence-electron chi connectivity index (χ1n) is 9.44. The van der Waals surface area contributed by atoms with Crippen LogP contribution in [0.4, 0.5) is 4.39 Å². The number of amides is 1. The smallest absolute Gasteiger partial charge is 0.223 e. The fourth-order valence-electron chi connectivity index (χ4n) is 3.73. The second-order valence-corrected chi connectivity index (χ2v) is 7.03. The summed E-state index contributed by atoms with van der Waals surface area (Å²) in [4.78, 5) is 14.9. The van der Waals surface area contributed by atoms with Crippen LogP contribution in [0.5, 0.6) is 5.75 Å². The number of rotatable bonds is 7. The fourth-order valence-corrected chi connectivity index (χ4v) is 3.73. The van der Waals surface area contributed by atoms with E-state index in [1.165, 1.54) is 25.0 Å². The summed E-state index contributed by atoms with van der Waals surface area (Å²) in [6, 6.07) is 14.0. The normalized spacial score (nSPS) is 14.5. The third-order valence-corrected chi connectivity index (χ3v) is 5.24. The Hall–Kier alpha value is -2.36. The molecule has 1 aliphatic rings. The molecule has 1 N–H and O–H groups in total. The summed E-state index contributed by atoms with van der Waals surface area (Å²) in [6.07, 6.45) is 6.15. The molecule has 1 amide bonds. The Morgan fingerprint density at radius 1 is 1.04 bits per heavy atom. The molecule has 0 radical (unpaired) electrons. The third-order valence-electron chi connectivity index (χ3n) is 5.24. The topological polar surface area (TPSA) is 40.5 Å². The van der Waals surface area contributed by atoms with Gasteiger partial charge in [-0.25, -0.2) is 4.39 Å². The second-order valence-electron chi connectivity index (χ2n) is 7.03. The molecule has 0 unspecified atom stereocenters. The molecular formula is C22H26FNO2. The zero-order valence-electron chi connectivity index (χ0n) is 15.0. The van der Waals surface area contributed by atoms with Crippen LogP contribution in [0.15, 0.2) is 48.5 Å². The van der Waals surface area contributed by atoms with Crippen molar-refractivity contribution in [3.05, 3.63) is 65.5 Å². The van der Waals surface area contributed by atoms with Gasteiger partial charge in [0.15, 0.2) is 0 Å². The summed E-state index contributed by atoms with van der Waals surface area (Å²) in [5.41, 5.74) is 1.86. The van der Waals surface area contributed by atoms with Crippen molar-refractivity contribution in [2.75, 3.05) is 6.54 Å². The maximum Gasteiger partial charge on any atom is 0.223 e. The molecule has 26 heavy (non-hydrogen) atoms. The molecule has 1 saturated carbocycles. The number of halogens is 1. The van der Waals surface area contributed by atoms with Gasteiger partial charge in [0.2, 0.25) is 5.91 Å². The van der Waals surface area contributed by atoms with Gasteiger partial charge in [-0.05, 0) is 55.0 Å². The highest BCUT2D eigenvalue weighted by Crippen LogP contribution is 2.25. The molecule has 0 atom stereocenters. The number of nitrogens with zero attached hydrogens (tertiary/aromatic N) is 1. The van der Waals surface area contributed by atoms with Crippen LogP contribution < -0.4 is 0 Å². The van der Waals surface area contributed by atoms with E-state index in [2.05, 4.69) is 0 Å². The number of benzene rings is 2. The summed E-state index contributed by atoms with van der Waals surface area (Å²) < 4.78 is 13.1. The van der Waals surface area contributed by atoms with Gasteiger partial charge in [-0.2, -0.15) is 0 Å². The van der Waals surface area contributed by atoms with Crippen LogP contribution in [-0.4, -0.2) is 28.5 Å². The first-order chi connectivity index (χ1) is 12.6. The number of hydrogen-bond donors (Lipinski definition) is 1. The lowest BCUT2D eigenvalue weighted by molar-refractivity contribution is -0.133. The van der Waals surface area contributed by atoms with E-state index in [4.69, 9.17) is 0 Å². The van der Waals surface area contributed by atoms with Crippen molar-refractivity contribution >= 4 is 5.91 Å². The van der Waals surface area contributed by atoms with Gasteiger partial charge < -0.3 is 10.0 Å². The highest BCUT2D eigenvalue weighted by Gasteiger charge is 2.26. The van der Waals surface area contributed by atoms with E-state index in [-0.39, 0.29) is 17.5 Å². The monoisotopic (exact) mass is 355 g/mol. The Bertz CT molecular complexity index is 723. The highest BCUT2D eigenvalue weighted by molar-refractivity contribution is 5.77. The SMILES string of the molecule is O=C(CCc1ccccc1O)N(CCc1ccc(F)cc1)C1CCCC1. The Labute approximate surface area is 154 Å². The number of carbonyl (C=O) groups is 1. The summed E-state index contributed by atoms with van der Waals surface area (Å²) in [6.45, 7) is 0.663. The van der Waals surface area contributed by atoms with E-state index in [1.807, 2.05) is 17.0 Å². The maximum atomic E-state index is 13.1. The molecule has 4 heteroatoms. The standard InChI is InChI=1S/C22H26FNO2/c23-19-12-9-17(10-13-19)15-16-24(20-6-2-3-7-20)22(26)14-11-18-5-1-4-8-21(18)25/h1,4-5,8-10,12-13,20,25H,2-3,6-7,11,14-16H2. The van der Waals surface area contributed by atoms with Crippen LogP contribution in [-0.2, 0) is 17.6 Å². The Morgan fingerprint density at radius 3 is 2.42 bits per heavy atom. The summed E-state index contributed by atoms with van der Waals surface area (Å²) in [5, 5.41) is 9.89. The molecule has 0 aliphatic heterocycles. The van der Waals surface area contributed by atoms with E-state index in [9.17, 15) is 14.3 Å². The largest absolute Gasteiger partial charge is 0.508 e. The molecule has 0 aromatic heterocycles. The van der Waals surface area contributed by atoms with E-state index in [0.717, 1.165) is 30.4 Å². The number of phenols is 1. The maximum absolute atomic E-state index is 13.1. The highest BCUT2D eigenvalue weighted by atomic mass is 19.1. The predicted molar refractivity (Wildman–Crippen MR) is 101 cm³/mol. The average Bonchev–Trinajstić information content (AvgIpc) is 3.17. The van der Waals surface area contributed by atoms with Gasteiger partial charge in [-0.1, -0.05) is 43.2 Å². The number of para-hydroxylation sites is 1.